The quantitative estimate of drug-likeness (QED) is 0.0730. The van der Waals surface area contributed by atoms with Crippen LogP contribution in [0.15, 0.2) is 24.8 Å². The third-order valence-corrected chi connectivity index (χ3v) is 9.30. The zero-order chi connectivity index (χ0) is 35.1. The number of hydrogen-bond donors (Lipinski definition) is 2. The normalized spacial score (nSPS) is 12.6. The molecule has 0 fully saturated rings. The van der Waals surface area contributed by atoms with Gasteiger partial charge in [-0.05, 0) is 48.2 Å². The van der Waals surface area contributed by atoms with Gasteiger partial charge < -0.3 is 15.2 Å². The average molecular weight is 656 g/mol. The summed E-state index contributed by atoms with van der Waals surface area (Å²) in [6.07, 6.45) is 25.4. The summed E-state index contributed by atoms with van der Waals surface area (Å²) in [5.41, 5.74) is 3.03. The van der Waals surface area contributed by atoms with Crippen LogP contribution in [0.3, 0.4) is 0 Å². The number of benzene rings is 1. The lowest BCUT2D eigenvalue weighted by atomic mass is 9.77. The van der Waals surface area contributed by atoms with Crippen molar-refractivity contribution < 1.29 is 19.4 Å². The molecular weight excluding hydrogens is 582 g/mol. The van der Waals surface area contributed by atoms with Crippen molar-refractivity contribution in [3.05, 3.63) is 41.5 Å². The molecule has 0 aliphatic heterocycles. The lowest BCUT2D eigenvalue weighted by molar-refractivity contribution is -0.142. The van der Waals surface area contributed by atoms with Crippen LogP contribution in [0, 0.1) is 5.92 Å². The topological polar surface area (TPSA) is 75.6 Å². The number of amides is 1. The van der Waals surface area contributed by atoms with Crippen LogP contribution in [0.5, 0.6) is 5.75 Å². The summed E-state index contributed by atoms with van der Waals surface area (Å²) in [4.78, 5) is 23.8. The van der Waals surface area contributed by atoms with Crippen LogP contribution in [0.25, 0.3) is 0 Å². The zero-order valence-corrected chi connectivity index (χ0v) is 31.7. The van der Waals surface area contributed by atoms with Gasteiger partial charge in [-0.2, -0.15) is 0 Å². The minimum atomic E-state index is -0.690. The molecule has 0 aromatic heterocycles. The first kappa shape index (κ1) is 42.7. The average Bonchev–Trinajstić information content (AvgIpc) is 3.00. The molecule has 0 spiro atoms. The van der Waals surface area contributed by atoms with Gasteiger partial charge in [0.2, 0.25) is 5.91 Å². The van der Waals surface area contributed by atoms with E-state index in [9.17, 15) is 14.7 Å². The van der Waals surface area contributed by atoms with Crippen LogP contribution in [0.1, 0.15) is 187 Å². The highest BCUT2D eigenvalue weighted by Gasteiger charge is 2.29. The van der Waals surface area contributed by atoms with Crippen LogP contribution >= 0.6 is 0 Å². The molecule has 47 heavy (non-hydrogen) atoms. The number of unbranched alkanes of at least 4 members (excludes halogenated alkanes) is 16. The highest BCUT2D eigenvalue weighted by molar-refractivity contribution is 5.86. The second-order valence-corrected chi connectivity index (χ2v) is 15.9. The standard InChI is InChI=1S/C42H73NO4/c1-9-11-12-13-14-15-16-17-18-19-20-21-22-23-24-25-28-35(40(45)46)31-34-32-36(41(3,4)5)39(37(33-34)42(6,7)8)47-30-27-26-29-43-38(44)10-2/h10,32-33,35H,2,9,11-31H2,1,3-8H3,(H,43,44)(H,45,46). The Bertz CT molecular complexity index is 981. The number of carboxylic acid groups (broad SMARTS) is 1. The van der Waals surface area contributed by atoms with Crippen molar-refractivity contribution in [1.29, 1.82) is 0 Å². The van der Waals surface area contributed by atoms with Crippen LogP contribution in [0.2, 0.25) is 0 Å². The van der Waals surface area contributed by atoms with Gasteiger partial charge in [-0.15, -0.1) is 0 Å². The first-order valence-electron chi connectivity index (χ1n) is 19.2. The molecule has 0 heterocycles. The monoisotopic (exact) mass is 656 g/mol. The van der Waals surface area contributed by atoms with E-state index in [-0.39, 0.29) is 22.7 Å². The molecule has 0 radical (unpaired) electrons. The number of nitrogens with one attached hydrogen (secondary N) is 1. The Morgan fingerprint density at radius 2 is 1.19 bits per heavy atom. The second kappa shape index (κ2) is 23.9. The largest absolute Gasteiger partial charge is 0.493 e. The van der Waals surface area contributed by atoms with Gasteiger partial charge in [-0.3, -0.25) is 9.59 Å². The van der Waals surface area contributed by atoms with E-state index in [0.29, 0.717) is 19.6 Å². The van der Waals surface area contributed by atoms with E-state index in [1.54, 1.807) is 0 Å². The van der Waals surface area contributed by atoms with Gasteiger partial charge in [0.1, 0.15) is 5.75 Å². The van der Waals surface area contributed by atoms with Crippen LogP contribution < -0.4 is 10.1 Å². The van der Waals surface area contributed by atoms with Gasteiger partial charge in [0, 0.05) is 17.7 Å². The van der Waals surface area contributed by atoms with Gasteiger partial charge in [0.15, 0.2) is 0 Å². The van der Waals surface area contributed by atoms with Crippen molar-refractivity contribution in [2.45, 2.75) is 188 Å². The van der Waals surface area contributed by atoms with E-state index in [0.717, 1.165) is 54.5 Å². The first-order chi connectivity index (χ1) is 22.3. The number of rotatable bonds is 27. The van der Waals surface area contributed by atoms with E-state index in [1.165, 1.54) is 96.0 Å². The molecule has 0 aliphatic rings. The molecule has 1 rings (SSSR count). The third kappa shape index (κ3) is 19.3. The van der Waals surface area contributed by atoms with Crippen LogP contribution in [-0.2, 0) is 26.8 Å². The van der Waals surface area contributed by atoms with Crippen molar-refractivity contribution >= 4 is 11.9 Å². The van der Waals surface area contributed by atoms with Gasteiger partial charge in [0.05, 0.1) is 12.5 Å². The maximum Gasteiger partial charge on any atom is 0.306 e. The molecule has 5 nitrogen and oxygen atoms in total. The summed E-state index contributed by atoms with van der Waals surface area (Å²) < 4.78 is 6.48. The molecule has 270 valence electrons. The molecule has 0 saturated carbocycles. The van der Waals surface area contributed by atoms with Crippen LogP contribution in [-0.4, -0.2) is 30.1 Å². The predicted molar refractivity (Wildman–Crippen MR) is 201 cm³/mol. The van der Waals surface area contributed by atoms with E-state index in [1.807, 2.05) is 0 Å². The lowest BCUT2D eigenvalue weighted by Gasteiger charge is -2.31. The molecule has 0 bridgehead atoms. The van der Waals surface area contributed by atoms with Crippen molar-refractivity contribution in [1.82, 2.24) is 5.32 Å². The minimum Gasteiger partial charge on any atom is -0.493 e. The summed E-state index contributed by atoms with van der Waals surface area (Å²) in [7, 11) is 0. The zero-order valence-electron chi connectivity index (χ0n) is 31.7. The Labute approximate surface area is 290 Å². The highest BCUT2D eigenvalue weighted by Crippen LogP contribution is 2.41. The Hall–Kier alpha value is -2.30. The van der Waals surface area contributed by atoms with E-state index < -0.39 is 5.97 Å². The fraction of sp³-hybridized carbons (Fsp3) is 0.762. The Morgan fingerprint density at radius 1 is 0.745 bits per heavy atom. The lowest BCUT2D eigenvalue weighted by Crippen LogP contribution is -2.23. The second-order valence-electron chi connectivity index (χ2n) is 15.9. The van der Waals surface area contributed by atoms with E-state index in [4.69, 9.17) is 4.74 Å². The summed E-state index contributed by atoms with van der Waals surface area (Å²) in [6, 6.07) is 4.39. The minimum absolute atomic E-state index is 0.152. The third-order valence-electron chi connectivity index (χ3n) is 9.30. The van der Waals surface area contributed by atoms with Crippen molar-refractivity contribution in [3.8, 4) is 5.75 Å². The number of carbonyl (C=O) groups is 2. The molecule has 1 aromatic rings. The maximum absolute atomic E-state index is 12.4. The molecule has 1 atom stereocenters. The molecule has 1 aromatic carbocycles. The molecule has 1 amide bonds. The number of carboxylic acids is 1. The fourth-order valence-electron chi connectivity index (χ4n) is 6.30. The Morgan fingerprint density at radius 3 is 1.60 bits per heavy atom. The van der Waals surface area contributed by atoms with Gasteiger partial charge in [-0.1, -0.05) is 170 Å². The van der Waals surface area contributed by atoms with Crippen molar-refractivity contribution in [3.63, 3.8) is 0 Å². The summed E-state index contributed by atoms with van der Waals surface area (Å²) in [5, 5.41) is 13.0. The predicted octanol–water partition coefficient (Wildman–Crippen LogP) is 11.6. The molecule has 2 N–H and O–H groups in total. The van der Waals surface area contributed by atoms with Crippen molar-refractivity contribution in [2.75, 3.05) is 13.2 Å². The summed E-state index contributed by atoms with van der Waals surface area (Å²) >= 11 is 0. The van der Waals surface area contributed by atoms with Crippen molar-refractivity contribution in [2.24, 2.45) is 5.92 Å². The van der Waals surface area contributed by atoms with Gasteiger partial charge >= 0.3 is 5.97 Å². The number of ether oxygens (including phenoxy) is 1. The van der Waals surface area contributed by atoms with Crippen LogP contribution in [0.4, 0.5) is 0 Å². The molecule has 0 saturated heterocycles. The van der Waals surface area contributed by atoms with E-state index >= 15 is 0 Å². The highest BCUT2D eigenvalue weighted by atomic mass is 16.5. The summed E-state index contributed by atoms with van der Waals surface area (Å²) in [5.74, 6) is -0.293. The fourth-order valence-corrected chi connectivity index (χ4v) is 6.30. The van der Waals surface area contributed by atoms with Gasteiger partial charge in [0.25, 0.3) is 0 Å². The SMILES string of the molecule is C=CC(=O)NCCCCOc1c(C(C)(C)C)cc(CC(CCCCCCCCCCCCCCCCCC)C(=O)O)cc1C(C)(C)C. The molecular formula is C42H73NO4. The number of hydrogen-bond acceptors (Lipinski definition) is 3. The first-order valence-corrected chi connectivity index (χ1v) is 19.2. The maximum atomic E-state index is 12.4. The Balaban J connectivity index is 2.61. The Kier molecular flexibility index (Phi) is 21.8. The molecule has 0 aliphatic carbocycles. The van der Waals surface area contributed by atoms with E-state index in [2.05, 4.69) is 72.5 Å². The molecule has 5 heteroatoms. The molecule has 1 unspecified atom stereocenters. The number of carbonyl (C=O) groups excluding carboxylic acids is 1. The smallest absolute Gasteiger partial charge is 0.306 e. The van der Waals surface area contributed by atoms with Gasteiger partial charge in [-0.25, -0.2) is 0 Å². The summed E-state index contributed by atoms with van der Waals surface area (Å²) in [6.45, 7) is 20.1. The number of aliphatic carboxylic acids is 1.